The molecule has 0 aromatic heterocycles. The number of aliphatic hydroxyl groups is 1. The Bertz CT molecular complexity index is 962. The lowest BCUT2D eigenvalue weighted by atomic mass is 9.51. The first kappa shape index (κ1) is 26.9. The molecule has 3 aliphatic rings. The minimum absolute atomic E-state index is 0.124. The number of piperazine rings is 1. The van der Waals surface area contributed by atoms with Gasteiger partial charge in [0.15, 0.2) is 0 Å². The molecule has 0 radical (unpaired) electrons. The van der Waals surface area contributed by atoms with Crippen LogP contribution in [0, 0.1) is 17.3 Å². The quantitative estimate of drug-likeness (QED) is 0.391. The molecule has 1 N–H and O–H groups in total. The molecule has 2 fully saturated rings. The van der Waals surface area contributed by atoms with E-state index in [-0.39, 0.29) is 23.4 Å². The maximum Gasteiger partial charge on any atom is 0.303 e. The number of halogens is 2. The zero-order chi connectivity index (χ0) is 25.4. The van der Waals surface area contributed by atoms with Gasteiger partial charge in [0.2, 0.25) is 0 Å². The number of rotatable bonds is 6. The number of benzene rings is 1. The zero-order valence-electron chi connectivity index (χ0n) is 21.5. The summed E-state index contributed by atoms with van der Waals surface area (Å²) in [4.78, 5) is 16.7. The van der Waals surface area contributed by atoms with E-state index in [0.717, 1.165) is 64.1 Å². The first-order valence-electron chi connectivity index (χ1n) is 13.0. The first-order chi connectivity index (χ1) is 16.5. The second-order valence-corrected chi connectivity index (χ2v) is 12.1. The highest BCUT2D eigenvalue weighted by molar-refractivity contribution is 6.42. The number of esters is 1. The fraction of sp³-hybridized carbons (Fsp3) is 0.679. The number of hydrogen-bond donors (Lipinski definition) is 1. The van der Waals surface area contributed by atoms with Crippen LogP contribution in [0.5, 0.6) is 0 Å². The lowest BCUT2D eigenvalue weighted by molar-refractivity contribution is -0.186. The van der Waals surface area contributed by atoms with Gasteiger partial charge in [-0.3, -0.25) is 9.69 Å². The number of carbonyl (C=O) groups excluding carboxylic acids is 1. The van der Waals surface area contributed by atoms with Crippen LogP contribution in [0.3, 0.4) is 0 Å². The van der Waals surface area contributed by atoms with Gasteiger partial charge in [0.25, 0.3) is 0 Å². The molecule has 5 atom stereocenters. The molecule has 1 saturated heterocycles. The Hall–Kier alpha value is -1.11. The van der Waals surface area contributed by atoms with Crippen LogP contribution >= 0.6 is 23.2 Å². The molecule has 0 amide bonds. The predicted molar refractivity (Wildman–Crippen MR) is 142 cm³/mol. The van der Waals surface area contributed by atoms with Gasteiger partial charge in [0.05, 0.1) is 15.6 Å². The van der Waals surface area contributed by atoms with Gasteiger partial charge in [-0.2, -0.15) is 0 Å². The predicted octanol–water partition coefficient (Wildman–Crippen LogP) is 5.57. The van der Waals surface area contributed by atoms with Gasteiger partial charge >= 0.3 is 5.97 Å². The molecule has 1 saturated carbocycles. The van der Waals surface area contributed by atoms with Crippen LogP contribution in [0.15, 0.2) is 29.8 Å². The molecule has 2 aliphatic carbocycles. The monoisotopic (exact) mass is 522 g/mol. The van der Waals surface area contributed by atoms with Crippen LogP contribution in [0.2, 0.25) is 10.0 Å². The molecule has 194 valence electrons. The smallest absolute Gasteiger partial charge is 0.303 e. The van der Waals surface area contributed by atoms with Gasteiger partial charge < -0.3 is 14.7 Å². The van der Waals surface area contributed by atoms with E-state index in [1.165, 1.54) is 12.5 Å². The van der Waals surface area contributed by atoms with Crippen LogP contribution in [0.1, 0.15) is 58.9 Å². The van der Waals surface area contributed by atoms with Gasteiger partial charge in [-0.15, -0.1) is 0 Å². The summed E-state index contributed by atoms with van der Waals surface area (Å²) >= 11 is 12.3. The fourth-order valence-corrected chi connectivity index (χ4v) is 6.99. The van der Waals surface area contributed by atoms with Crippen molar-refractivity contribution in [2.45, 2.75) is 71.6 Å². The fourth-order valence-electron chi connectivity index (χ4n) is 6.66. The number of fused-ring (bicyclic) bond motifs is 1. The standard InChI is InChI=1S/C28H40Cl2N2O3/c1-19-14-23-6-5-9-27(4,28(23,34)16-26(19)35-21(3)33)20(2)17-31-10-12-32(13-11-31)18-22-7-8-24(29)25(30)15-22/h7-8,14-15,20,23,26,34H,5-6,9-13,16-18H2,1-4H3/t20-,23-,26+,27+,28+/m0/s1. The molecule has 1 aliphatic heterocycles. The minimum atomic E-state index is -0.861. The van der Waals surface area contributed by atoms with E-state index in [4.69, 9.17) is 27.9 Å². The van der Waals surface area contributed by atoms with Crippen molar-refractivity contribution in [1.82, 2.24) is 9.80 Å². The van der Waals surface area contributed by atoms with E-state index in [2.05, 4.69) is 29.7 Å². The molecule has 4 rings (SSSR count). The highest BCUT2D eigenvalue weighted by Crippen LogP contribution is 2.56. The van der Waals surface area contributed by atoms with Crippen LogP contribution in [-0.2, 0) is 16.1 Å². The van der Waals surface area contributed by atoms with Crippen molar-refractivity contribution in [2.24, 2.45) is 17.3 Å². The average molecular weight is 524 g/mol. The Morgan fingerprint density at radius 2 is 1.89 bits per heavy atom. The second-order valence-electron chi connectivity index (χ2n) is 11.3. The average Bonchev–Trinajstić information content (AvgIpc) is 2.79. The van der Waals surface area contributed by atoms with Gasteiger partial charge in [-0.1, -0.05) is 55.6 Å². The normalized spacial score (nSPS) is 33.1. The van der Waals surface area contributed by atoms with Gasteiger partial charge in [-0.25, -0.2) is 0 Å². The van der Waals surface area contributed by atoms with Crippen molar-refractivity contribution in [3.8, 4) is 0 Å². The number of ether oxygens (including phenoxy) is 1. The van der Waals surface area contributed by atoms with Crippen LogP contribution < -0.4 is 0 Å². The Balaban J connectivity index is 1.38. The summed E-state index contributed by atoms with van der Waals surface area (Å²) in [6, 6.07) is 5.88. The highest BCUT2D eigenvalue weighted by atomic mass is 35.5. The zero-order valence-corrected chi connectivity index (χ0v) is 23.0. The molecular formula is C28H40Cl2N2O3. The van der Waals surface area contributed by atoms with Crippen molar-refractivity contribution in [2.75, 3.05) is 32.7 Å². The van der Waals surface area contributed by atoms with Gasteiger partial charge in [0.1, 0.15) is 6.10 Å². The van der Waals surface area contributed by atoms with Crippen LogP contribution in [0.25, 0.3) is 0 Å². The number of carbonyl (C=O) groups is 1. The SMILES string of the molecule is CC(=O)O[C@@H]1C[C@@]2(O)[C@H](C=C1C)CCC[C@]2(C)[C@@H](C)CN1CCN(Cc2ccc(Cl)c(Cl)c2)CC1. The summed E-state index contributed by atoms with van der Waals surface area (Å²) in [7, 11) is 0. The topological polar surface area (TPSA) is 53.0 Å². The second kappa shape index (κ2) is 10.7. The summed E-state index contributed by atoms with van der Waals surface area (Å²) in [6.45, 7) is 13.9. The molecule has 0 bridgehead atoms. The molecular weight excluding hydrogens is 483 g/mol. The maximum atomic E-state index is 12.2. The Labute approximate surface area is 220 Å². The third kappa shape index (κ3) is 5.60. The van der Waals surface area contributed by atoms with E-state index in [1.807, 2.05) is 25.1 Å². The third-order valence-electron chi connectivity index (χ3n) is 9.07. The third-order valence-corrected chi connectivity index (χ3v) is 9.80. The molecule has 5 nitrogen and oxygen atoms in total. The van der Waals surface area contributed by atoms with Crippen LogP contribution in [-0.4, -0.2) is 65.3 Å². The molecule has 1 heterocycles. The van der Waals surface area contributed by atoms with E-state index < -0.39 is 5.60 Å². The number of nitrogens with zero attached hydrogens (tertiary/aromatic N) is 2. The largest absolute Gasteiger partial charge is 0.458 e. The van der Waals surface area contributed by atoms with Crippen molar-refractivity contribution < 1.29 is 14.6 Å². The summed E-state index contributed by atoms with van der Waals surface area (Å²) in [5.41, 5.74) is 1.17. The Morgan fingerprint density at radius 3 is 2.54 bits per heavy atom. The van der Waals surface area contributed by atoms with Crippen molar-refractivity contribution >= 4 is 29.2 Å². The molecule has 0 unspecified atom stereocenters. The molecule has 0 spiro atoms. The van der Waals surface area contributed by atoms with Crippen LogP contribution in [0.4, 0.5) is 0 Å². The first-order valence-corrected chi connectivity index (χ1v) is 13.7. The minimum Gasteiger partial charge on any atom is -0.458 e. The Morgan fingerprint density at radius 1 is 1.20 bits per heavy atom. The molecule has 1 aromatic rings. The lowest BCUT2D eigenvalue weighted by Crippen LogP contribution is -2.62. The van der Waals surface area contributed by atoms with Gasteiger partial charge in [-0.05, 0) is 49.0 Å². The molecule has 7 heteroatoms. The summed E-state index contributed by atoms with van der Waals surface area (Å²) in [5.74, 6) is 0.161. The Kier molecular flexibility index (Phi) is 8.24. The van der Waals surface area contributed by atoms with E-state index in [0.29, 0.717) is 22.4 Å². The number of hydrogen-bond acceptors (Lipinski definition) is 5. The van der Waals surface area contributed by atoms with Gasteiger partial charge in [0, 0.05) is 63.9 Å². The van der Waals surface area contributed by atoms with E-state index >= 15 is 0 Å². The maximum absolute atomic E-state index is 12.2. The summed E-state index contributed by atoms with van der Waals surface area (Å²) < 4.78 is 5.62. The summed E-state index contributed by atoms with van der Waals surface area (Å²) in [5, 5.41) is 13.4. The van der Waals surface area contributed by atoms with E-state index in [9.17, 15) is 9.90 Å². The van der Waals surface area contributed by atoms with E-state index in [1.54, 1.807) is 0 Å². The molecule has 35 heavy (non-hydrogen) atoms. The van der Waals surface area contributed by atoms with Crippen molar-refractivity contribution in [3.63, 3.8) is 0 Å². The van der Waals surface area contributed by atoms with Crippen molar-refractivity contribution in [1.29, 1.82) is 0 Å². The summed E-state index contributed by atoms with van der Waals surface area (Å²) in [6.07, 6.45) is 5.46. The lowest BCUT2D eigenvalue weighted by Gasteiger charge is -2.58. The molecule has 1 aromatic carbocycles. The highest BCUT2D eigenvalue weighted by Gasteiger charge is 2.58. The van der Waals surface area contributed by atoms with Crippen molar-refractivity contribution in [3.05, 3.63) is 45.5 Å².